The first-order chi connectivity index (χ1) is 12.9. The molecule has 1 heterocycles. The first-order valence-electron chi connectivity index (χ1n) is 8.43. The van der Waals surface area contributed by atoms with Gasteiger partial charge < -0.3 is 30.0 Å². The van der Waals surface area contributed by atoms with Crippen molar-refractivity contribution in [3.8, 4) is 11.5 Å². The summed E-state index contributed by atoms with van der Waals surface area (Å²) in [4.78, 5) is 36.4. The van der Waals surface area contributed by atoms with E-state index in [2.05, 4.69) is 10.6 Å². The molecule has 0 bridgehead atoms. The molecule has 9 nitrogen and oxygen atoms in total. The molecule has 146 valence electrons. The predicted molar refractivity (Wildman–Crippen MR) is 94.3 cm³/mol. The van der Waals surface area contributed by atoms with Gasteiger partial charge in [0.2, 0.25) is 0 Å². The van der Waals surface area contributed by atoms with Gasteiger partial charge in [-0.25, -0.2) is 14.4 Å². The average molecular weight is 378 g/mol. The first kappa shape index (κ1) is 20.1. The van der Waals surface area contributed by atoms with E-state index in [4.69, 9.17) is 14.2 Å². The number of nitrogens with one attached hydrogen (secondary N) is 2. The molecule has 0 radical (unpaired) electrons. The highest BCUT2D eigenvalue weighted by Gasteiger charge is 2.32. The Kier molecular flexibility index (Phi) is 6.64. The Morgan fingerprint density at radius 1 is 1.19 bits per heavy atom. The van der Waals surface area contributed by atoms with E-state index in [1.807, 2.05) is 0 Å². The number of phenolic OH excluding ortho intramolecular Hbond substituents is 1. The van der Waals surface area contributed by atoms with Crippen LogP contribution in [0.25, 0.3) is 0 Å². The van der Waals surface area contributed by atoms with Crippen LogP contribution in [0.1, 0.15) is 30.6 Å². The van der Waals surface area contributed by atoms with Crippen LogP contribution >= 0.6 is 0 Å². The minimum absolute atomic E-state index is 0.0973. The van der Waals surface area contributed by atoms with Gasteiger partial charge >= 0.3 is 18.0 Å². The summed E-state index contributed by atoms with van der Waals surface area (Å²) in [5.74, 6) is -1.34. The molecule has 2 amide bonds. The summed E-state index contributed by atoms with van der Waals surface area (Å²) < 4.78 is 15.2. The fourth-order valence-electron chi connectivity index (χ4n) is 2.60. The molecular weight excluding hydrogens is 356 g/mol. The molecule has 1 aromatic rings. The molecule has 27 heavy (non-hydrogen) atoms. The minimum atomic E-state index is -0.831. The maximum absolute atomic E-state index is 12.3. The number of ether oxygens (including phenoxy) is 3. The summed E-state index contributed by atoms with van der Waals surface area (Å²) in [5, 5.41) is 14.9. The maximum atomic E-state index is 12.3. The number of phenols is 1. The Hall–Kier alpha value is -3.23. The first-order valence-corrected chi connectivity index (χ1v) is 8.43. The smallest absolute Gasteiger partial charge is 0.342 e. The summed E-state index contributed by atoms with van der Waals surface area (Å²) >= 11 is 0. The number of hydrogen-bond donors (Lipinski definition) is 3. The molecule has 0 saturated carbocycles. The summed E-state index contributed by atoms with van der Waals surface area (Å²) in [6.07, 6.45) is 0.454. The fourth-order valence-corrected chi connectivity index (χ4v) is 2.60. The third-order valence-corrected chi connectivity index (χ3v) is 3.92. The van der Waals surface area contributed by atoms with Gasteiger partial charge in [-0.15, -0.1) is 0 Å². The summed E-state index contributed by atoms with van der Waals surface area (Å²) in [6, 6.07) is 3.06. The molecule has 0 aliphatic carbocycles. The van der Waals surface area contributed by atoms with E-state index in [1.54, 1.807) is 13.8 Å². The fraction of sp³-hybridized carbons (Fsp3) is 0.389. The second-order valence-electron chi connectivity index (χ2n) is 5.63. The lowest BCUT2D eigenvalue weighted by molar-refractivity contribution is -0.139. The van der Waals surface area contributed by atoms with Crippen LogP contribution in [0.3, 0.4) is 0 Å². The molecule has 0 aromatic heterocycles. The zero-order chi connectivity index (χ0) is 20.0. The van der Waals surface area contributed by atoms with E-state index < -0.39 is 24.0 Å². The van der Waals surface area contributed by atoms with Crippen LogP contribution in [0, 0.1) is 0 Å². The highest BCUT2D eigenvalue weighted by molar-refractivity contribution is 5.95. The van der Waals surface area contributed by atoms with Crippen molar-refractivity contribution in [1.29, 1.82) is 0 Å². The summed E-state index contributed by atoms with van der Waals surface area (Å²) in [7, 11) is 1.42. The van der Waals surface area contributed by atoms with Crippen LogP contribution in [-0.2, 0) is 14.3 Å². The molecular formula is C18H22N2O7. The van der Waals surface area contributed by atoms with Gasteiger partial charge in [-0.3, -0.25) is 0 Å². The Morgan fingerprint density at radius 2 is 1.93 bits per heavy atom. The number of urea groups is 1. The van der Waals surface area contributed by atoms with Gasteiger partial charge in [-0.05, 0) is 31.5 Å². The maximum Gasteiger partial charge on any atom is 0.342 e. The number of aromatic hydroxyl groups is 1. The van der Waals surface area contributed by atoms with Crippen LogP contribution in [0.2, 0.25) is 0 Å². The summed E-state index contributed by atoms with van der Waals surface area (Å²) in [6.45, 7) is 3.26. The van der Waals surface area contributed by atoms with Crippen molar-refractivity contribution in [2.75, 3.05) is 20.3 Å². The second-order valence-corrected chi connectivity index (χ2v) is 5.63. The topological polar surface area (TPSA) is 123 Å². The Morgan fingerprint density at radius 3 is 2.56 bits per heavy atom. The quantitative estimate of drug-likeness (QED) is 0.614. The molecule has 9 heteroatoms. The third kappa shape index (κ3) is 4.69. The van der Waals surface area contributed by atoms with Gasteiger partial charge in [0.05, 0.1) is 31.0 Å². The standard InChI is InChI=1S/C18H22N2O7/c1-4-12-15(17(23)26-5-2)13(20-18(24)19-12)9-27-16(22)11-8-10(25-3)6-7-14(11)21/h6-8,12,21H,4-5,9H2,1-3H3,(H2,19,20,24)/t12-/m1/s1. The number of esters is 2. The van der Waals surface area contributed by atoms with Crippen molar-refractivity contribution in [2.45, 2.75) is 26.3 Å². The van der Waals surface area contributed by atoms with Gasteiger partial charge in [-0.2, -0.15) is 0 Å². The highest BCUT2D eigenvalue weighted by Crippen LogP contribution is 2.24. The van der Waals surface area contributed by atoms with Crippen molar-refractivity contribution in [3.05, 3.63) is 35.0 Å². The molecule has 1 aliphatic rings. The lowest BCUT2D eigenvalue weighted by Gasteiger charge is -2.28. The lowest BCUT2D eigenvalue weighted by atomic mass is 10.0. The average Bonchev–Trinajstić information content (AvgIpc) is 2.65. The number of methoxy groups -OCH3 is 1. The van der Waals surface area contributed by atoms with Crippen molar-refractivity contribution in [2.24, 2.45) is 0 Å². The Labute approximate surface area is 156 Å². The van der Waals surface area contributed by atoms with Gasteiger partial charge in [0.25, 0.3) is 0 Å². The molecule has 0 spiro atoms. The Balaban J connectivity index is 2.25. The van der Waals surface area contributed by atoms with Gasteiger partial charge in [0.15, 0.2) is 0 Å². The largest absolute Gasteiger partial charge is 0.507 e. The minimum Gasteiger partial charge on any atom is -0.507 e. The molecule has 0 fully saturated rings. The van der Waals surface area contributed by atoms with Crippen LogP contribution in [0.15, 0.2) is 29.5 Å². The van der Waals surface area contributed by atoms with Crippen molar-refractivity contribution < 1.29 is 33.7 Å². The van der Waals surface area contributed by atoms with E-state index in [-0.39, 0.29) is 35.8 Å². The molecule has 1 atom stereocenters. The SMILES string of the molecule is CCOC(=O)C1=C(COC(=O)c2cc(OC)ccc2O)NC(=O)N[C@@H]1CC. The Bertz CT molecular complexity index is 773. The molecule has 1 aliphatic heterocycles. The number of hydrogen-bond acceptors (Lipinski definition) is 7. The van der Waals surface area contributed by atoms with Crippen molar-refractivity contribution >= 4 is 18.0 Å². The predicted octanol–water partition coefficient (Wildman–Crippen LogP) is 1.47. The van der Waals surface area contributed by atoms with E-state index in [0.717, 1.165) is 0 Å². The lowest BCUT2D eigenvalue weighted by Crippen LogP contribution is -2.51. The number of rotatable bonds is 7. The van der Waals surface area contributed by atoms with E-state index in [9.17, 15) is 19.5 Å². The number of amides is 2. The van der Waals surface area contributed by atoms with Gasteiger partial charge in [-0.1, -0.05) is 6.92 Å². The number of carbonyl (C=O) groups excluding carboxylic acids is 3. The second kappa shape index (κ2) is 8.93. The zero-order valence-electron chi connectivity index (χ0n) is 15.3. The molecule has 0 unspecified atom stereocenters. The highest BCUT2D eigenvalue weighted by atomic mass is 16.5. The van der Waals surface area contributed by atoms with Gasteiger partial charge in [0, 0.05) is 0 Å². The van der Waals surface area contributed by atoms with E-state index in [0.29, 0.717) is 12.2 Å². The van der Waals surface area contributed by atoms with Crippen LogP contribution in [-0.4, -0.2) is 49.4 Å². The third-order valence-electron chi connectivity index (χ3n) is 3.92. The van der Waals surface area contributed by atoms with Crippen molar-refractivity contribution in [3.63, 3.8) is 0 Å². The molecule has 2 rings (SSSR count). The monoisotopic (exact) mass is 378 g/mol. The molecule has 1 aromatic carbocycles. The van der Waals surface area contributed by atoms with Gasteiger partial charge in [0.1, 0.15) is 23.7 Å². The number of benzene rings is 1. The van der Waals surface area contributed by atoms with Crippen LogP contribution in [0.4, 0.5) is 4.79 Å². The van der Waals surface area contributed by atoms with Crippen molar-refractivity contribution in [1.82, 2.24) is 10.6 Å². The number of carbonyl (C=O) groups is 3. The van der Waals surface area contributed by atoms with Crippen LogP contribution in [0.5, 0.6) is 11.5 Å². The molecule has 0 saturated heterocycles. The zero-order valence-corrected chi connectivity index (χ0v) is 15.3. The van der Waals surface area contributed by atoms with Crippen LogP contribution < -0.4 is 15.4 Å². The van der Waals surface area contributed by atoms with E-state index in [1.165, 1.54) is 25.3 Å². The van der Waals surface area contributed by atoms with E-state index >= 15 is 0 Å². The summed E-state index contributed by atoms with van der Waals surface area (Å²) in [5.41, 5.74) is 0.237. The normalized spacial score (nSPS) is 16.3. The molecule has 3 N–H and O–H groups in total.